The smallest absolute Gasteiger partial charge is 0.231 e. The number of likely N-dealkylation sites (tertiary alicyclic amines) is 1. The van der Waals surface area contributed by atoms with Gasteiger partial charge in [-0.15, -0.1) is 0 Å². The number of nitrogens with zero attached hydrogens (tertiary/aromatic N) is 1. The molecule has 2 aliphatic heterocycles. The molecule has 0 bridgehead atoms. The second kappa shape index (κ2) is 5.80. The van der Waals surface area contributed by atoms with Gasteiger partial charge in [-0.25, -0.2) is 0 Å². The van der Waals surface area contributed by atoms with Crippen molar-refractivity contribution in [2.24, 2.45) is 17.6 Å². The molecule has 2 unspecified atom stereocenters. The highest BCUT2D eigenvalue weighted by molar-refractivity contribution is 6.32. The van der Waals surface area contributed by atoms with Crippen molar-refractivity contribution < 1.29 is 9.47 Å². The molecule has 0 amide bonds. The van der Waals surface area contributed by atoms with Gasteiger partial charge >= 0.3 is 0 Å². The summed E-state index contributed by atoms with van der Waals surface area (Å²) in [7, 11) is 0. The van der Waals surface area contributed by atoms with E-state index in [1.807, 2.05) is 12.1 Å². The lowest BCUT2D eigenvalue weighted by Crippen LogP contribution is -2.42. The normalized spacial score (nSPS) is 25.9. The monoisotopic (exact) mass is 296 g/mol. The molecule has 20 heavy (non-hydrogen) atoms. The molecular weight excluding hydrogens is 276 g/mol. The van der Waals surface area contributed by atoms with E-state index in [2.05, 4.69) is 11.8 Å². The molecule has 0 radical (unpaired) electrons. The minimum atomic E-state index is 0.259. The van der Waals surface area contributed by atoms with Gasteiger partial charge in [-0.1, -0.05) is 18.5 Å². The zero-order valence-corrected chi connectivity index (χ0v) is 12.5. The highest BCUT2D eigenvalue weighted by atomic mass is 35.5. The van der Waals surface area contributed by atoms with Crippen LogP contribution in [0.5, 0.6) is 11.5 Å². The average Bonchev–Trinajstić information content (AvgIpc) is 2.90. The maximum atomic E-state index is 6.23. The third-order valence-corrected chi connectivity index (χ3v) is 4.67. The van der Waals surface area contributed by atoms with Crippen molar-refractivity contribution in [3.63, 3.8) is 0 Å². The first-order valence-corrected chi connectivity index (χ1v) is 7.55. The van der Waals surface area contributed by atoms with E-state index in [-0.39, 0.29) is 6.79 Å². The number of nitrogens with two attached hydrogens (primary N) is 1. The first kappa shape index (κ1) is 14.0. The molecular formula is C15H21ClN2O2. The molecule has 0 aromatic heterocycles. The third-order valence-electron chi connectivity index (χ3n) is 4.39. The maximum Gasteiger partial charge on any atom is 0.231 e. The zero-order chi connectivity index (χ0) is 14.1. The third kappa shape index (κ3) is 2.73. The van der Waals surface area contributed by atoms with Crippen molar-refractivity contribution in [3.05, 3.63) is 22.7 Å². The van der Waals surface area contributed by atoms with Gasteiger partial charge in [0.1, 0.15) is 0 Å². The van der Waals surface area contributed by atoms with Gasteiger partial charge < -0.3 is 15.2 Å². The van der Waals surface area contributed by atoms with Crippen molar-refractivity contribution in [3.8, 4) is 11.5 Å². The van der Waals surface area contributed by atoms with Crippen LogP contribution < -0.4 is 15.2 Å². The van der Waals surface area contributed by atoms with E-state index in [1.165, 1.54) is 12.0 Å². The Morgan fingerprint density at radius 3 is 3.05 bits per heavy atom. The van der Waals surface area contributed by atoms with Crippen LogP contribution in [0.1, 0.15) is 18.9 Å². The van der Waals surface area contributed by atoms with Crippen LogP contribution in [-0.4, -0.2) is 31.3 Å². The number of benzene rings is 1. The van der Waals surface area contributed by atoms with Gasteiger partial charge in [0.15, 0.2) is 11.5 Å². The summed E-state index contributed by atoms with van der Waals surface area (Å²) in [6.45, 7) is 6.38. The molecule has 1 saturated heterocycles. The standard InChI is InChI=1S/C15H21ClN2O2/c1-10-2-3-18(8-12(10)6-17)7-11-4-13(16)15-14(5-11)19-9-20-15/h4-5,10,12H,2-3,6-9,17H2,1H3. The highest BCUT2D eigenvalue weighted by Crippen LogP contribution is 2.40. The van der Waals surface area contributed by atoms with Crippen molar-refractivity contribution in [1.29, 1.82) is 0 Å². The lowest BCUT2D eigenvalue weighted by Gasteiger charge is -2.36. The maximum absolute atomic E-state index is 6.23. The van der Waals surface area contributed by atoms with E-state index < -0.39 is 0 Å². The van der Waals surface area contributed by atoms with Crippen LogP contribution in [0, 0.1) is 11.8 Å². The summed E-state index contributed by atoms with van der Waals surface area (Å²) < 4.78 is 10.8. The van der Waals surface area contributed by atoms with Crippen molar-refractivity contribution >= 4 is 11.6 Å². The topological polar surface area (TPSA) is 47.7 Å². The molecule has 2 N–H and O–H groups in total. The quantitative estimate of drug-likeness (QED) is 0.931. The summed E-state index contributed by atoms with van der Waals surface area (Å²) in [6.07, 6.45) is 1.21. The summed E-state index contributed by atoms with van der Waals surface area (Å²) in [5.74, 6) is 2.74. The SMILES string of the molecule is CC1CCN(Cc2cc(Cl)c3c(c2)OCO3)CC1CN. The van der Waals surface area contributed by atoms with Crippen molar-refractivity contribution in [2.45, 2.75) is 19.9 Å². The molecule has 2 heterocycles. The fraction of sp³-hybridized carbons (Fsp3) is 0.600. The van der Waals surface area contributed by atoms with Crippen LogP contribution in [-0.2, 0) is 6.54 Å². The molecule has 110 valence electrons. The van der Waals surface area contributed by atoms with Crippen LogP contribution >= 0.6 is 11.6 Å². The summed E-state index contributed by atoms with van der Waals surface area (Å²) >= 11 is 6.23. The number of hydrogen-bond acceptors (Lipinski definition) is 4. The van der Waals surface area contributed by atoms with E-state index in [0.29, 0.717) is 16.7 Å². The number of fused-ring (bicyclic) bond motifs is 1. The van der Waals surface area contributed by atoms with E-state index in [4.69, 9.17) is 26.8 Å². The summed E-state index contributed by atoms with van der Waals surface area (Å²) in [5.41, 5.74) is 7.03. The second-order valence-electron chi connectivity index (χ2n) is 5.81. The number of piperidine rings is 1. The summed E-state index contributed by atoms with van der Waals surface area (Å²) in [5, 5.41) is 0.635. The number of rotatable bonds is 3. The molecule has 0 aliphatic carbocycles. The van der Waals surface area contributed by atoms with Gasteiger partial charge in [-0.3, -0.25) is 4.90 Å². The fourth-order valence-corrected chi connectivity index (χ4v) is 3.33. The lowest BCUT2D eigenvalue weighted by atomic mass is 9.87. The van der Waals surface area contributed by atoms with E-state index in [9.17, 15) is 0 Å². The minimum Gasteiger partial charge on any atom is -0.454 e. The molecule has 1 aromatic carbocycles. The van der Waals surface area contributed by atoms with Gasteiger partial charge in [-0.2, -0.15) is 0 Å². The first-order valence-electron chi connectivity index (χ1n) is 7.18. The largest absolute Gasteiger partial charge is 0.454 e. The van der Waals surface area contributed by atoms with E-state index >= 15 is 0 Å². The minimum absolute atomic E-state index is 0.259. The molecule has 0 spiro atoms. The zero-order valence-electron chi connectivity index (χ0n) is 11.8. The molecule has 3 rings (SSSR count). The molecule has 1 aromatic rings. The fourth-order valence-electron chi connectivity index (χ4n) is 3.05. The van der Waals surface area contributed by atoms with Crippen LogP contribution in [0.25, 0.3) is 0 Å². The molecule has 5 heteroatoms. The predicted molar refractivity (Wildman–Crippen MR) is 79.2 cm³/mol. The van der Waals surface area contributed by atoms with Gasteiger partial charge in [-0.05, 0) is 49.0 Å². The first-order chi connectivity index (χ1) is 9.67. The van der Waals surface area contributed by atoms with Crippen molar-refractivity contribution in [2.75, 3.05) is 26.4 Å². The Hall–Kier alpha value is -0.970. The van der Waals surface area contributed by atoms with Crippen LogP contribution in [0.3, 0.4) is 0 Å². The van der Waals surface area contributed by atoms with Crippen LogP contribution in [0.4, 0.5) is 0 Å². The summed E-state index contributed by atoms with van der Waals surface area (Å²) in [6, 6.07) is 4.01. The second-order valence-corrected chi connectivity index (χ2v) is 6.22. The Labute approximate surface area is 124 Å². The summed E-state index contributed by atoms with van der Waals surface area (Å²) in [4.78, 5) is 2.45. The average molecular weight is 297 g/mol. The predicted octanol–water partition coefficient (Wildman–Crippen LogP) is 2.49. The molecule has 4 nitrogen and oxygen atoms in total. The Bertz CT molecular complexity index is 495. The molecule has 2 aliphatic rings. The van der Waals surface area contributed by atoms with Gasteiger partial charge in [0, 0.05) is 13.1 Å². The van der Waals surface area contributed by atoms with E-state index in [1.54, 1.807) is 0 Å². The molecule has 2 atom stereocenters. The van der Waals surface area contributed by atoms with Crippen molar-refractivity contribution in [1.82, 2.24) is 4.90 Å². The Morgan fingerprint density at radius 1 is 1.40 bits per heavy atom. The number of hydrogen-bond donors (Lipinski definition) is 1. The molecule has 0 saturated carbocycles. The lowest BCUT2D eigenvalue weighted by molar-refractivity contribution is 0.126. The number of halogens is 1. The van der Waals surface area contributed by atoms with E-state index in [0.717, 1.165) is 37.8 Å². The van der Waals surface area contributed by atoms with Gasteiger partial charge in [0.2, 0.25) is 6.79 Å². The van der Waals surface area contributed by atoms with Gasteiger partial charge in [0.25, 0.3) is 0 Å². The number of ether oxygens (including phenoxy) is 2. The Kier molecular flexibility index (Phi) is 4.06. The Balaban J connectivity index is 1.70. The highest BCUT2D eigenvalue weighted by Gasteiger charge is 2.26. The van der Waals surface area contributed by atoms with Crippen LogP contribution in [0.2, 0.25) is 5.02 Å². The molecule has 1 fully saturated rings. The van der Waals surface area contributed by atoms with Crippen LogP contribution in [0.15, 0.2) is 12.1 Å². The van der Waals surface area contributed by atoms with Gasteiger partial charge in [0.05, 0.1) is 5.02 Å². The Morgan fingerprint density at radius 2 is 2.25 bits per heavy atom.